The molecule has 0 bridgehead atoms. The summed E-state index contributed by atoms with van der Waals surface area (Å²) in [6.45, 7) is 1.54. The van der Waals surface area contributed by atoms with Crippen molar-refractivity contribution >= 4 is 11.7 Å². The maximum atomic E-state index is 13.1. The summed E-state index contributed by atoms with van der Waals surface area (Å²) >= 11 is 0. The van der Waals surface area contributed by atoms with Gasteiger partial charge in [0.05, 0.1) is 5.69 Å². The molecule has 26 heavy (non-hydrogen) atoms. The first-order chi connectivity index (χ1) is 12.7. The van der Waals surface area contributed by atoms with Crippen LogP contribution < -0.4 is 10.2 Å². The summed E-state index contributed by atoms with van der Waals surface area (Å²) in [5.41, 5.74) is 2.40. The van der Waals surface area contributed by atoms with Gasteiger partial charge in [0.15, 0.2) is 5.82 Å². The van der Waals surface area contributed by atoms with Gasteiger partial charge in [-0.25, -0.2) is 4.39 Å². The minimum atomic E-state index is -0.259. The average Bonchev–Trinajstić information content (AvgIpc) is 3.32. The van der Waals surface area contributed by atoms with Gasteiger partial charge < -0.3 is 10.2 Å². The third-order valence-electron chi connectivity index (χ3n) is 4.60. The van der Waals surface area contributed by atoms with Crippen molar-refractivity contribution in [2.45, 2.75) is 12.5 Å². The molecule has 2 N–H and O–H groups in total. The highest BCUT2D eigenvalue weighted by atomic mass is 19.1. The molecule has 3 aromatic rings. The maximum absolute atomic E-state index is 13.1. The van der Waals surface area contributed by atoms with Crippen molar-refractivity contribution in [2.75, 3.05) is 18.0 Å². The molecule has 132 valence electrons. The number of carbonyl (C=O) groups is 1. The highest BCUT2D eigenvalue weighted by molar-refractivity contribution is 5.94. The lowest BCUT2D eigenvalue weighted by atomic mass is 10.1. The number of anilines is 1. The largest absolute Gasteiger partial charge is 0.353 e. The Morgan fingerprint density at radius 2 is 1.92 bits per heavy atom. The van der Waals surface area contributed by atoms with Crippen molar-refractivity contribution in [1.82, 2.24) is 15.5 Å². The number of carbonyl (C=O) groups excluding carboxylic acids is 1. The molecule has 2 heterocycles. The fourth-order valence-electron chi connectivity index (χ4n) is 3.19. The number of hydrogen-bond acceptors (Lipinski definition) is 3. The van der Waals surface area contributed by atoms with Crippen LogP contribution >= 0.6 is 0 Å². The van der Waals surface area contributed by atoms with E-state index in [1.807, 2.05) is 36.4 Å². The Morgan fingerprint density at radius 3 is 2.69 bits per heavy atom. The van der Waals surface area contributed by atoms with Gasteiger partial charge in [-0.2, -0.15) is 5.10 Å². The number of nitrogens with one attached hydrogen (secondary N) is 2. The molecule has 1 atom stereocenters. The lowest BCUT2D eigenvalue weighted by Crippen LogP contribution is -2.37. The summed E-state index contributed by atoms with van der Waals surface area (Å²) in [6, 6.07) is 17.6. The molecule has 6 heteroatoms. The molecule has 1 saturated heterocycles. The molecule has 4 rings (SSSR count). The first-order valence-electron chi connectivity index (χ1n) is 8.61. The Balaban J connectivity index is 1.40. The second-order valence-corrected chi connectivity index (χ2v) is 6.42. The molecule has 0 unspecified atom stereocenters. The molecule has 1 aromatic heterocycles. The Morgan fingerprint density at radius 1 is 1.15 bits per heavy atom. The minimum absolute atomic E-state index is 0.0496. The quantitative estimate of drug-likeness (QED) is 0.759. The van der Waals surface area contributed by atoms with E-state index in [9.17, 15) is 9.18 Å². The van der Waals surface area contributed by atoms with Crippen molar-refractivity contribution in [3.05, 3.63) is 72.0 Å². The highest BCUT2D eigenvalue weighted by Gasteiger charge is 2.26. The van der Waals surface area contributed by atoms with Crippen LogP contribution in [0.15, 0.2) is 60.7 Å². The third-order valence-corrected chi connectivity index (χ3v) is 4.60. The molecule has 1 aliphatic heterocycles. The van der Waals surface area contributed by atoms with E-state index in [1.165, 1.54) is 12.1 Å². The lowest BCUT2D eigenvalue weighted by molar-refractivity contribution is 0.0940. The molecule has 1 aliphatic rings. The van der Waals surface area contributed by atoms with Gasteiger partial charge in [-0.1, -0.05) is 18.2 Å². The van der Waals surface area contributed by atoms with Crippen molar-refractivity contribution < 1.29 is 9.18 Å². The predicted octanol–water partition coefficient (Wildman–Crippen LogP) is 3.22. The Bertz CT molecular complexity index is 892. The summed E-state index contributed by atoms with van der Waals surface area (Å²) in [4.78, 5) is 14.4. The van der Waals surface area contributed by atoms with Crippen LogP contribution in [-0.4, -0.2) is 35.2 Å². The normalized spacial score (nSPS) is 16.7. The average molecular weight is 350 g/mol. The zero-order valence-corrected chi connectivity index (χ0v) is 14.2. The van der Waals surface area contributed by atoms with Crippen LogP contribution in [0, 0.1) is 5.82 Å². The van der Waals surface area contributed by atoms with Gasteiger partial charge in [-0.15, -0.1) is 0 Å². The summed E-state index contributed by atoms with van der Waals surface area (Å²) in [7, 11) is 0. The van der Waals surface area contributed by atoms with Gasteiger partial charge in [-0.3, -0.25) is 9.89 Å². The molecule has 1 fully saturated rings. The van der Waals surface area contributed by atoms with Crippen LogP contribution in [0.4, 0.5) is 10.2 Å². The first-order valence-corrected chi connectivity index (χ1v) is 8.61. The van der Waals surface area contributed by atoms with E-state index in [1.54, 1.807) is 12.1 Å². The Kier molecular flexibility index (Phi) is 4.39. The zero-order chi connectivity index (χ0) is 17.9. The number of amides is 1. The number of rotatable bonds is 4. The number of aromatic nitrogens is 2. The van der Waals surface area contributed by atoms with E-state index in [4.69, 9.17) is 0 Å². The summed E-state index contributed by atoms with van der Waals surface area (Å²) in [6.07, 6.45) is 0.872. The first kappa shape index (κ1) is 16.3. The molecule has 0 radical (unpaired) electrons. The minimum Gasteiger partial charge on any atom is -0.353 e. The van der Waals surface area contributed by atoms with Crippen LogP contribution in [0.1, 0.15) is 16.8 Å². The Labute approximate surface area is 150 Å². The number of benzene rings is 2. The van der Waals surface area contributed by atoms with E-state index in [0.717, 1.165) is 30.0 Å². The predicted molar refractivity (Wildman–Crippen MR) is 98.5 cm³/mol. The lowest BCUT2D eigenvalue weighted by Gasteiger charge is -2.16. The van der Waals surface area contributed by atoms with Gasteiger partial charge in [0.25, 0.3) is 5.91 Å². The van der Waals surface area contributed by atoms with Crippen LogP contribution in [-0.2, 0) is 0 Å². The van der Waals surface area contributed by atoms with Crippen LogP contribution in [0.3, 0.4) is 0 Å². The summed E-state index contributed by atoms with van der Waals surface area (Å²) < 4.78 is 13.1. The molecular weight excluding hydrogens is 331 g/mol. The van der Waals surface area contributed by atoms with Gasteiger partial charge in [0.2, 0.25) is 0 Å². The standard InChI is InChI=1S/C20H19FN4O/c21-16-8-6-14(7-9-16)18-12-19(24-23-18)25-11-10-17(13-25)22-20(26)15-4-2-1-3-5-15/h1-9,12,17H,10-11,13H2,(H,22,26)(H,23,24)/t17-/m1/s1. The third kappa shape index (κ3) is 3.44. The van der Waals surface area contributed by atoms with Gasteiger partial charge in [-0.05, 0) is 48.4 Å². The molecule has 0 aliphatic carbocycles. The maximum Gasteiger partial charge on any atom is 0.251 e. The van der Waals surface area contributed by atoms with Crippen molar-refractivity contribution in [3.63, 3.8) is 0 Å². The monoisotopic (exact) mass is 350 g/mol. The molecular formula is C20H19FN4O. The van der Waals surface area contributed by atoms with E-state index in [-0.39, 0.29) is 17.8 Å². The second kappa shape index (κ2) is 7.00. The highest BCUT2D eigenvalue weighted by Crippen LogP contribution is 2.24. The van der Waals surface area contributed by atoms with Crippen molar-refractivity contribution in [2.24, 2.45) is 0 Å². The van der Waals surface area contributed by atoms with Crippen LogP contribution in [0.2, 0.25) is 0 Å². The number of H-pyrrole nitrogens is 1. The molecule has 0 spiro atoms. The molecule has 0 saturated carbocycles. The van der Waals surface area contributed by atoms with E-state index in [2.05, 4.69) is 20.4 Å². The molecule has 1 amide bonds. The van der Waals surface area contributed by atoms with E-state index in [0.29, 0.717) is 12.1 Å². The topological polar surface area (TPSA) is 61.0 Å². The SMILES string of the molecule is O=C(N[C@@H]1CCN(c2cc(-c3ccc(F)cc3)[nH]n2)C1)c1ccccc1. The fourth-order valence-corrected chi connectivity index (χ4v) is 3.19. The van der Waals surface area contributed by atoms with Crippen molar-refractivity contribution in [3.8, 4) is 11.3 Å². The molecule has 2 aromatic carbocycles. The van der Waals surface area contributed by atoms with Gasteiger partial charge >= 0.3 is 0 Å². The van der Waals surface area contributed by atoms with E-state index < -0.39 is 0 Å². The van der Waals surface area contributed by atoms with Gasteiger partial charge in [0, 0.05) is 30.8 Å². The van der Waals surface area contributed by atoms with Gasteiger partial charge in [0.1, 0.15) is 5.82 Å². The summed E-state index contributed by atoms with van der Waals surface area (Å²) in [5.74, 6) is 0.525. The number of nitrogens with zero attached hydrogens (tertiary/aromatic N) is 2. The fraction of sp³-hybridized carbons (Fsp3) is 0.200. The number of hydrogen-bond donors (Lipinski definition) is 2. The Hall–Kier alpha value is -3.15. The second-order valence-electron chi connectivity index (χ2n) is 6.42. The molecule has 5 nitrogen and oxygen atoms in total. The van der Waals surface area contributed by atoms with Crippen molar-refractivity contribution in [1.29, 1.82) is 0 Å². The number of aromatic amines is 1. The van der Waals surface area contributed by atoms with Crippen LogP contribution in [0.25, 0.3) is 11.3 Å². The smallest absolute Gasteiger partial charge is 0.251 e. The zero-order valence-electron chi connectivity index (χ0n) is 14.2. The number of halogens is 1. The van der Waals surface area contributed by atoms with Crippen LogP contribution in [0.5, 0.6) is 0 Å². The van der Waals surface area contributed by atoms with E-state index >= 15 is 0 Å². The summed E-state index contributed by atoms with van der Waals surface area (Å²) in [5, 5.41) is 10.4.